The molecule has 0 aliphatic heterocycles. The van der Waals surface area contributed by atoms with Gasteiger partial charge in [-0.1, -0.05) is 24.3 Å². The number of ether oxygens (including phenoxy) is 1. The summed E-state index contributed by atoms with van der Waals surface area (Å²) in [6.07, 6.45) is -4.81. The molecule has 0 aromatic heterocycles. The summed E-state index contributed by atoms with van der Waals surface area (Å²) in [5, 5.41) is 0. The standard InChI is InChI=1S/C17H10F4O3/c18-11-5-1-9(2-6-11)13-14(16(23)15(13)22)10-3-7-12(8-4-10)24-17(19,20)21/h1-8,13-14H. The Morgan fingerprint density at radius 3 is 1.58 bits per heavy atom. The van der Waals surface area contributed by atoms with Gasteiger partial charge in [0.25, 0.3) is 0 Å². The summed E-state index contributed by atoms with van der Waals surface area (Å²) < 4.78 is 53.2. The smallest absolute Gasteiger partial charge is 0.406 e. The molecule has 0 spiro atoms. The van der Waals surface area contributed by atoms with E-state index in [9.17, 15) is 27.2 Å². The van der Waals surface area contributed by atoms with Crippen molar-refractivity contribution >= 4 is 11.6 Å². The molecule has 1 aliphatic carbocycles. The Morgan fingerprint density at radius 1 is 0.750 bits per heavy atom. The third-order valence-electron chi connectivity index (χ3n) is 3.84. The number of alkyl halides is 3. The minimum Gasteiger partial charge on any atom is -0.406 e. The Balaban J connectivity index is 1.85. The van der Waals surface area contributed by atoms with Crippen LogP contribution in [-0.4, -0.2) is 17.9 Å². The lowest BCUT2D eigenvalue weighted by molar-refractivity contribution is -0.274. The molecule has 0 saturated heterocycles. The second kappa shape index (κ2) is 5.74. The van der Waals surface area contributed by atoms with Gasteiger partial charge in [-0.25, -0.2) is 4.39 Å². The van der Waals surface area contributed by atoms with E-state index in [1.807, 2.05) is 0 Å². The first-order chi connectivity index (χ1) is 11.3. The molecular weight excluding hydrogens is 328 g/mol. The molecule has 7 heteroatoms. The van der Waals surface area contributed by atoms with Crippen LogP contribution in [0.15, 0.2) is 48.5 Å². The molecule has 0 bridgehead atoms. The topological polar surface area (TPSA) is 43.4 Å². The number of rotatable bonds is 3. The van der Waals surface area contributed by atoms with Crippen molar-refractivity contribution in [3.63, 3.8) is 0 Å². The molecule has 1 saturated carbocycles. The number of benzene rings is 2. The van der Waals surface area contributed by atoms with E-state index in [0.29, 0.717) is 11.1 Å². The fourth-order valence-corrected chi connectivity index (χ4v) is 2.75. The van der Waals surface area contributed by atoms with Gasteiger partial charge in [0.05, 0.1) is 11.8 Å². The second-order valence-corrected chi connectivity index (χ2v) is 5.35. The highest BCUT2D eigenvalue weighted by Crippen LogP contribution is 2.44. The summed E-state index contributed by atoms with van der Waals surface area (Å²) in [4.78, 5) is 23.8. The second-order valence-electron chi connectivity index (χ2n) is 5.35. The summed E-state index contributed by atoms with van der Waals surface area (Å²) in [6.45, 7) is 0. The highest BCUT2D eigenvalue weighted by molar-refractivity contribution is 6.49. The first kappa shape index (κ1) is 16.2. The van der Waals surface area contributed by atoms with Crippen LogP contribution in [0.2, 0.25) is 0 Å². The molecule has 2 aromatic carbocycles. The Morgan fingerprint density at radius 2 is 1.17 bits per heavy atom. The van der Waals surface area contributed by atoms with Crippen molar-refractivity contribution in [3.05, 3.63) is 65.5 Å². The summed E-state index contributed by atoms with van der Waals surface area (Å²) in [5.41, 5.74) is 0.894. The van der Waals surface area contributed by atoms with Gasteiger partial charge < -0.3 is 4.74 Å². The number of Topliss-reactive ketones (excluding diaryl/α,β-unsaturated/α-hetero) is 2. The van der Waals surface area contributed by atoms with E-state index in [1.165, 1.54) is 36.4 Å². The SMILES string of the molecule is O=C1C(=O)C(c2ccc(OC(F)(F)F)cc2)C1c1ccc(F)cc1. The molecule has 1 aliphatic rings. The Bertz CT molecular complexity index is 779. The molecule has 2 atom stereocenters. The van der Waals surface area contributed by atoms with Crippen LogP contribution in [0, 0.1) is 5.82 Å². The van der Waals surface area contributed by atoms with Crippen molar-refractivity contribution < 1.29 is 31.9 Å². The predicted octanol–water partition coefficient (Wildman–Crippen LogP) is 3.74. The lowest BCUT2D eigenvalue weighted by Crippen LogP contribution is -2.44. The minimum absolute atomic E-state index is 0.406. The third kappa shape index (κ3) is 3.02. The van der Waals surface area contributed by atoms with Crippen molar-refractivity contribution in [3.8, 4) is 5.75 Å². The third-order valence-corrected chi connectivity index (χ3v) is 3.84. The molecule has 1 fully saturated rings. The van der Waals surface area contributed by atoms with Gasteiger partial charge in [0, 0.05) is 0 Å². The number of carbonyl (C=O) groups excluding carboxylic acids is 2. The van der Waals surface area contributed by atoms with E-state index in [4.69, 9.17) is 0 Å². The van der Waals surface area contributed by atoms with Gasteiger partial charge in [0.15, 0.2) is 0 Å². The maximum atomic E-state index is 13.0. The number of halogens is 4. The summed E-state index contributed by atoms with van der Waals surface area (Å²) in [6, 6.07) is 9.99. The average Bonchev–Trinajstić information content (AvgIpc) is 2.52. The number of ketones is 2. The number of hydrogen-bond acceptors (Lipinski definition) is 3. The molecule has 0 radical (unpaired) electrons. The first-order valence-corrected chi connectivity index (χ1v) is 6.95. The zero-order chi connectivity index (χ0) is 17.5. The average molecular weight is 338 g/mol. The van der Waals surface area contributed by atoms with Gasteiger partial charge in [-0.15, -0.1) is 13.2 Å². The van der Waals surface area contributed by atoms with Crippen LogP contribution < -0.4 is 4.74 Å². The molecule has 124 valence electrons. The van der Waals surface area contributed by atoms with Crippen molar-refractivity contribution in [1.82, 2.24) is 0 Å². The van der Waals surface area contributed by atoms with Crippen LogP contribution in [0.5, 0.6) is 5.75 Å². The highest BCUT2D eigenvalue weighted by Gasteiger charge is 2.50. The normalized spacial score (nSPS) is 20.7. The summed E-state index contributed by atoms with van der Waals surface area (Å²) >= 11 is 0. The molecule has 3 nitrogen and oxygen atoms in total. The maximum absolute atomic E-state index is 13.0. The zero-order valence-corrected chi connectivity index (χ0v) is 12.0. The fraction of sp³-hybridized carbons (Fsp3) is 0.176. The predicted molar refractivity (Wildman–Crippen MR) is 75.0 cm³/mol. The molecule has 24 heavy (non-hydrogen) atoms. The Labute approximate surface area is 133 Å². The highest BCUT2D eigenvalue weighted by atomic mass is 19.4. The summed E-state index contributed by atoms with van der Waals surface area (Å²) in [5.74, 6) is -3.64. The van der Waals surface area contributed by atoms with Crippen LogP contribution in [0.1, 0.15) is 23.0 Å². The van der Waals surface area contributed by atoms with Crippen LogP contribution in [0.4, 0.5) is 17.6 Å². The monoisotopic (exact) mass is 338 g/mol. The molecule has 3 rings (SSSR count). The van der Waals surface area contributed by atoms with Crippen LogP contribution >= 0.6 is 0 Å². The fourth-order valence-electron chi connectivity index (χ4n) is 2.75. The first-order valence-electron chi connectivity index (χ1n) is 6.95. The Hall–Kier alpha value is -2.70. The number of hydrogen-bond donors (Lipinski definition) is 0. The van der Waals surface area contributed by atoms with Crippen LogP contribution in [0.25, 0.3) is 0 Å². The maximum Gasteiger partial charge on any atom is 0.573 e. The molecule has 0 amide bonds. The molecule has 0 heterocycles. The van der Waals surface area contributed by atoms with Crippen LogP contribution in [-0.2, 0) is 9.59 Å². The van der Waals surface area contributed by atoms with Gasteiger partial charge in [-0.05, 0) is 35.4 Å². The molecule has 2 unspecified atom stereocenters. The van der Waals surface area contributed by atoms with E-state index in [-0.39, 0.29) is 0 Å². The van der Waals surface area contributed by atoms with E-state index in [0.717, 1.165) is 12.1 Å². The zero-order valence-electron chi connectivity index (χ0n) is 12.0. The van der Waals surface area contributed by atoms with E-state index >= 15 is 0 Å². The summed E-state index contributed by atoms with van der Waals surface area (Å²) in [7, 11) is 0. The van der Waals surface area contributed by atoms with Crippen molar-refractivity contribution in [1.29, 1.82) is 0 Å². The van der Waals surface area contributed by atoms with E-state index in [1.54, 1.807) is 0 Å². The lowest BCUT2D eigenvalue weighted by Gasteiger charge is -2.33. The lowest BCUT2D eigenvalue weighted by atomic mass is 9.65. The van der Waals surface area contributed by atoms with Crippen molar-refractivity contribution in [2.75, 3.05) is 0 Å². The van der Waals surface area contributed by atoms with Crippen LogP contribution in [0.3, 0.4) is 0 Å². The van der Waals surface area contributed by atoms with Crippen molar-refractivity contribution in [2.45, 2.75) is 18.2 Å². The van der Waals surface area contributed by atoms with Gasteiger partial charge in [-0.3, -0.25) is 9.59 Å². The molecule has 0 N–H and O–H groups in total. The minimum atomic E-state index is -4.81. The Kier molecular flexibility index (Phi) is 3.87. The van der Waals surface area contributed by atoms with E-state index < -0.39 is 41.3 Å². The largest absolute Gasteiger partial charge is 0.573 e. The quantitative estimate of drug-likeness (QED) is 0.632. The van der Waals surface area contributed by atoms with Gasteiger partial charge in [0.2, 0.25) is 11.6 Å². The van der Waals surface area contributed by atoms with Gasteiger partial charge in [0.1, 0.15) is 11.6 Å². The van der Waals surface area contributed by atoms with Crippen molar-refractivity contribution in [2.24, 2.45) is 0 Å². The molecule has 2 aromatic rings. The number of carbonyl (C=O) groups is 2. The van der Waals surface area contributed by atoms with Gasteiger partial charge >= 0.3 is 6.36 Å². The van der Waals surface area contributed by atoms with E-state index in [2.05, 4.69) is 4.74 Å². The molecular formula is C17H10F4O3. The van der Waals surface area contributed by atoms with Gasteiger partial charge in [-0.2, -0.15) is 0 Å².